The summed E-state index contributed by atoms with van der Waals surface area (Å²) in [5.41, 5.74) is 14.4. The van der Waals surface area contributed by atoms with E-state index in [1.807, 2.05) is 24.3 Å². The summed E-state index contributed by atoms with van der Waals surface area (Å²) in [6.07, 6.45) is 2.74. The summed E-state index contributed by atoms with van der Waals surface area (Å²) >= 11 is 0. The van der Waals surface area contributed by atoms with E-state index in [0.29, 0.717) is 42.9 Å². The van der Waals surface area contributed by atoms with Gasteiger partial charge in [0.1, 0.15) is 5.75 Å². The summed E-state index contributed by atoms with van der Waals surface area (Å²) in [5.74, 6) is 0.385. The fourth-order valence-corrected chi connectivity index (χ4v) is 4.27. The topological polar surface area (TPSA) is 131 Å². The first kappa shape index (κ1) is 23.0. The van der Waals surface area contributed by atoms with E-state index < -0.39 is 6.03 Å². The number of ether oxygens (including phenoxy) is 1. The highest BCUT2D eigenvalue weighted by atomic mass is 16.5. The first-order valence-corrected chi connectivity index (χ1v) is 11.1. The Morgan fingerprint density at radius 1 is 0.882 bits per heavy atom. The zero-order valence-electron chi connectivity index (χ0n) is 19.0. The number of piperidine rings is 2. The Bertz CT molecular complexity index is 1170. The van der Waals surface area contributed by atoms with Crippen LogP contribution in [0.1, 0.15) is 31.2 Å². The Balaban J connectivity index is 1.67. The molecule has 4 amide bonds. The van der Waals surface area contributed by atoms with Crippen molar-refractivity contribution in [3.05, 3.63) is 59.7 Å². The molecule has 2 heterocycles. The van der Waals surface area contributed by atoms with Gasteiger partial charge in [-0.2, -0.15) is 4.99 Å². The predicted octanol–water partition coefficient (Wildman–Crippen LogP) is 2.84. The number of methoxy groups -OCH3 is 1. The third-order valence-corrected chi connectivity index (χ3v) is 6.03. The molecular formula is C25H27N5O4. The molecule has 2 aliphatic heterocycles. The molecule has 2 saturated heterocycles. The molecule has 0 radical (unpaired) electrons. The summed E-state index contributed by atoms with van der Waals surface area (Å²) in [6.45, 7) is 1.01. The Hall–Kier alpha value is -4.14. The number of amides is 4. The maximum atomic E-state index is 13.6. The predicted molar refractivity (Wildman–Crippen MR) is 131 cm³/mol. The van der Waals surface area contributed by atoms with Crippen molar-refractivity contribution in [1.29, 1.82) is 0 Å². The van der Waals surface area contributed by atoms with Gasteiger partial charge in [0.15, 0.2) is 0 Å². The number of hydrogen-bond donors (Lipinski definition) is 2. The number of carbonyl (C=O) groups excluding carboxylic acids is 3. The van der Waals surface area contributed by atoms with E-state index >= 15 is 0 Å². The summed E-state index contributed by atoms with van der Waals surface area (Å²) in [4.78, 5) is 44.5. The first-order valence-electron chi connectivity index (χ1n) is 11.1. The van der Waals surface area contributed by atoms with Crippen molar-refractivity contribution >= 4 is 40.6 Å². The molecule has 0 atom stereocenters. The molecular weight excluding hydrogens is 434 g/mol. The molecule has 176 valence electrons. The molecule has 0 spiro atoms. The van der Waals surface area contributed by atoms with Crippen LogP contribution in [-0.4, -0.2) is 43.8 Å². The van der Waals surface area contributed by atoms with Crippen LogP contribution < -0.4 is 26.0 Å². The minimum absolute atomic E-state index is 0.109. The number of urea groups is 1. The van der Waals surface area contributed by atoms with Crippen LogP contribution in [0.4, 0.5) is 16.2 Å². The first-order chi connectivity index (χ1) is 16.4. The van der Waals surface area contributed by atoms with Gasteiger partial charge in [-0.05, 0) is 66.9 Å². The van der Waals surface area contributed by atoms with E-state index in [1.54, 1.807) is 41.2 Å². The molecule has 0 bridgehead atoms. The van der Waals surface area contributed by atoms with E-state index in [4.69, 9.17) is 16.2 Å². The largest absolute Gasteiger partial charge is 0.497 e. The molecule has 0 aromatic heterocycles. The Morgan fingerprint density at radius 2 is 1.53 bits per heavy atom. The van der Waals surface area contributed by atoms with Gasteiger partial charge in [0, 0.05) is 37.3 Å². The van der Waals surface area contributed by atoms with Gasteiger partial charge in [-0.15, -0.1) is 0 Å². The third kappa shape index (κ3) is 4.63. The lowest BCUT2D eigenvalue weighted by Crippen LogP contribution is -2.42. The van der Waals surface area contributed by atoms with Gasteiger partial charge in [-0.3, -0.25) is 9.59 Å². The van der Waals surface area contributed by atoms with Gasteiger partial charge >= 0.3 is 6.03 Å². The zero-order chi connectivity index (χ0) is 24.2. The van der Waals surface area contributed by atoms with Gasteiger partial charge in [0.05, 0.1) is 24.1 Å². The van der Waals surface area contributed by atoms with Crippen molar-refractivity contribution in [2.45, 2.75) is 25.7 Å². The summed E-state index contributed by atoms with van der Waals surface area (Å²) in [6, 6.07) is 13.4. The minimum Gasteiger partial charge on any atom is -0.497 e. The van der Waals surface area contributed by atoms with E-state index in [1.165, 1.54) is 0 Å². The highest BCUT2D eigenvalue weighted by Crippen LogP contribution is 2.30. The number of rotatable bonds is 4. The molecule has 4 rings (SSSR count). The fourth-order valence-electron chi connectivity index (χ4n) is 4.27. The maximum Gasteiger partial charge on any atom is 0.338 e. The molecule has 9 heteroatoms. The van der Waals surface area contributed by atoms with Crippen LogP contribution >= 0.6 is 0 Å². The van der Waals surface area contributed by atoms with Crippen LogP contribution in [0.5, 0.6) is 5.75 Å². The lowest BCUT2D eigenvalue weighted by Gasteiger charge is -2.31. The highest BCUT2D eigenvalue weighted by molar-refractivity contribution is 6.33. The molecule has 2 fully saturated rings. The van der Waals surface area contributed by atoms with Crippen molar-refractivity contribution in [3.8, 4) is 5.75 Å². The molecule has 0 saturated carbocycles. The van der Waals surface area contributed by atoms with Crippen molar-refractivity contribution in [3.63, 3.8) is 0 Å². The number of benzene rings is 2. The Labute approximate surface area is 197 Å². The van der Waals surface area contributed by atoms with Crippen LogP contribution in [0.3, 0.4) is 0 Å². The van der Waals surface area contributed by atoms with Gasteiger partial charge in [0.2, 0.25) is 5.91 Å². The van der Waals surface area contributed by atoms with Crippen molar-refractivity contribution < 1.29 is 19.1 Å². The van der Waals surface area contributed by atoms with Gasteiger partial charge < -0.3 is 26.0 Å². The standard InChI is InChI=1S/C25H27N5O4/c1-34-19-11-5-16(6-12-19)23(26)22-20(28-25(27)33)13-15-30(24(22)32)18-9-7-17(8-10-18)29-14-3-2-4-21(29)31/h5-12H,2-4,13-15,26H2,1H3,(H2,27,33)/b23-22+,28-20+. The second-order valence-electron chi connectivity index (χ2n) is 8.14. The smallest absolute Gasteiger partial charge is 0.338 e. The average molecular weight is 462 g/mol. The summed E-state index contributed by atoms with van der Waals surface area (Å²) < 4.78 is 5.18. The molecule has 2 aliphatic rings. The average Bonchev–Trinajstić information content (AvgIpc) is 2.84. The van der Waals surface area contributed by atoms with Crippen molar-refractivity contribution in [2.75, 3.05) is 30.0 Å². The van der Waals surface area contributed by atoms with E-state index in [-0.39, 0.29) is 28.8 Å². The number of nitrogens with two attached hydrogens (primary N) is 2. The van der Waals surface area contributed by atoms with Crippen LogP contribution in [-0.2, 0) is 9.59 Å². The normalized spacial score (nSPS) is 19.4. The van der Waals surface area contributed by atoms with Crippen molar-refractivity contribution in [1.82, 2.24) is 0 Å². The lowest BCUT2D eigenvalue weighted by atomic mass is 9.95. The van der Waals surface area contributed by atoms with E-state index in [9.17, 15) is 14.4 Å². The minimum atomic E-state index is -0.883. The Kier molecular flexibility index (Phi) is 6.62. The summed E-state index contributed by atoms with van der Waals surface area (Å²) in [5, 5.41) is 0. The second kappa shape index (κ2) is 9.78. The number of anilines is 2. The maximum absolute atomic E-state index is 13.6. The lowest BCUT2D eigenvalue weighted by molar-refractivity contribution is -0.119. The van der Waals surface area contributed by atoms with Crippen LogP contribution in [0.15, 0.2) is 59.1 Å². The van der Waals surface area contributed by atoms with E-state index in [0.717, 1.165) is 18.5 Å². The molecule has 0 unspecified atom stereocenters. The monoisotopic (exact) mass is 461 g/mol. The van der Waals surface area contributed by atoms with Gasteiger partial charge in [0.25, 0.3) is 5.91 Å². The molecule has 9 nitrogen and oxygen atoms in total. The highest BCUT2D eigenvalue weighted by Gasteiger charge is 2.32. The number of primary amides is 1. The fraction of sp³-hybridized carbons (Fsp3) is 0.280. The number of nitrogens with zero attached hydrogens (tertiary/aromatic N) is 3. The molecule has 2 aromatic rings. The van der Waals surface area contributed by atoms with Crippen LogP contribution in [0.25, 0.3) is 5.70 Å². The van der Waals surface area contributed by atoms with Crippen molar-refractivity contribution in [2.24, 2.45) is 16.5 Å². The molecule has 4 N–H and O–H groups in total. The molecule has 0 aliphatic carbocycles. The Morgan fingerprint density at radius 3 is 2.12 bits per heavy atom. The van der Waals surface area contributed by atoms with Crippen LogP contribution in [0.2, 0.25) is 0 Å². The third-order valence-electron chi connectivity index (χ3n) is 6.03. The number of aliphatic imine (C=N–C) groups is 1. The van der Waals surface area contributed by atoms with E-state index in [2.05, 4.69) is 4.99 Å². The second-order valence-corrected chi connectivity index (χ2v) is 8.14. The number of carbonyl (C=O) groups is 3. The zero-order valence-corrected chi connectivity index (χ0v) is 19.0. The SMILES string of the molecule is COc1ccc(/C(N)=C2\C(=O)N(c3ccc(N4CCCCC4=O)cc3)CC\C2=N/C(N)=O)cc1. The molecule has 34 heavy (non-hydrogen) atoms. The van der Waals surface area contributed by atoms with Gasteiger partial charge in [-0.25, -0.2) is 4.79 Å². The molecule has 2 aromatic carbocycles. The van der Waals surface area contributed by atoms with Gasteiger partial charge in [-0.1, -0.05) is 0 Å². The number of hydrogen-bond acceptors (Lipinski definition) is 5. The van der Waals surface area contributed by atoms with Crippen LogP contribution in [0, 0.1) is 0 Å². The quantitative estimate of drug-likeness (QED) is 0.676. The summed E-state index contributed by atoms with van der Waals surface area (Å²) in [7, 11) is 1.56.